The zero-order valence-electron chi connectivity index (χ0n) is 13.0. The van der Waals surface area contributed by atoms with Gasteiger partial charge < -0.3 is 5.32 Å². The number of nitrogens with one attached hydrogen (secondary N) is 1. The van der Waals surface area contributed by atoms with Crippen molar-refractivity contribution in [3.8, 4) is 0 Å². The highest BCUT2D eigenvalue weighted by Gasteiger charge is 2.13. The lowest BCUT2D eigenvalue weighted by atomic mass is 9.97. The summed E-state index contributed by atoms with van der Waals surface area (Å²) in [6.07, 6.45) is 2.14. The van der Waals surface area contributed by atoms with Crippen molar-refractivity contribution in [2.75, 3.05) is 6.54 Å². The maximum Gasteiger partial charge on any atom is 0.0931 e. The van der Waals surface area contributed by atoms with Gasteiger partial charge in [-0.25, -0.2) is 0 Å². The molecule has 0 bridgehead atoms. The summed E-state index contributed by atoms with van der Waals surface area (Å²) in [7, 11) is 0. The van der Waals surface area contributed by atoms with E-state index in [9.17, 15) is 0 Å². The van der Waals surface area contributed by atoms with Crippen molar-refractivity contribution in [2.24, 2.45) is 0 Å². The van der Waals surface area contributed by atoms with Gasteiger partial charge in [0.05, 0.1) is 4.34 Å². The van der Waals surface area contributed by atoms with E-state index in [0.717, 1.165) is 23.7 Å². The molecule has 114 valence electrons. The Labute approximate surface area is 137 Å². The summed E-state index contributed by atoms with van der Waals surface area (Å²) in [5.41, 5.74) is 2.75. The van der Waals surface area contributed by atoms with E-state index in [1.165, 1.54) is 16.0 Å². The molecule has 2 aromatic rings. The first-order chi connectivity index (χ1) is 10.1. The summed E-state index contributed by atoms with van der Waals surface area (Å²) < 4.78 is 0.870. The van der Waals surface area contributed by atoms with Crippen LogP contribution in [0, 0.1) is 0 Å². The average molecular weight is 322 g/mol. The molecule has 1 nitrogen and oxygen atoms in total. The Hall–Kier alpha value is -0.830. The minimum Gasteiger partial charge on any atom is -0.310 e. The highest BCUT2D eigenvalue weighted by molar-refractivity contribution is 7.16. The second kappa shape index (κ2) is 7.98. The second-order valence-electron chi connectivity index (χ2n) is 5.74. The van der Waals surface area contributed by atoms with Crippen molar-refractivity contribution >= 4 is 22.9 Å². The van der Waals surface area contributed by atoms with E-state index in [1.54, 1.807) is 11.3 Å². The molecule has 2 rings (SSSR count). The summed E-state index contributed by atoms with van der Waals surface area (Å²) in [5.74, 6) is 0.581. The van der Waals surface area contributed by atoms with E-state index in [1.807, 2.05) is 6.07 Å². The van der Waals surface area contributed by atoms with Gasteiger partial charge >= 0.3 is 0 Å². The summed E-state index contributed by atoms with van der Waals surface area (Å²) in [4.78, 5) is 1.33. The van der Waals surface area contributed by atoms with Crippen molar-refractivity contribution in [3.63, 3.8) is 0 Å². The van der Waals surface area contributed by atoms with Gasteiger partial charge in [-0.05, 0) is 42.1 Å². The van der Waals surface area contributed by atoms with Crippen LogP contribution in [0.1, 0.15) is 55.2 Å². The Morgan fingerprint density at radius 1 is 1.05 bits per heavy atom. The summed E-state index contributed by atoms with van der Waals surface area (Å²) in [5, 5.41) is 3.66. The van der Waals surface area contributed by atoms with Crippen molar-refractivity contribution < 1.29 is 0 Å². The molecule has 0 spiro atoms. The molecule has 0 radical (unpaired) electrons. The molecular weight excluding hydrogens is 298 g/mol. The average Bonchev–Trinajstić information content (AvgIpc) is 2.89. The van der Waals surface area contributed by atoms with Gasteiger partial charge in [-0.2, -0.15) is 0 Å². The smallest absolute Gasteiger partial charge is 0.0931 e. The van der Waals surface area contributed by atoms with Crippen molar-refractivity contribution in [3.05, 3.63) is 56.7 Å². The van der Waals surface area contributed by atoms with E-state index >= 15 is 0 Å². The predicted molar refractivity (Wildman–Crippen MR) is 94.6 cm³/mol. The van der Waals surface area contributed by atoms with Gasteiger partial charge in [0, 0.05) is 17.3 Å². The normalized spacial score (nSPS) is 12.8. The second-order valence-corrected chi connectivity index (χ2v) is 7.54. The fraction of sp³-hybridized carbons (Fsp3) is 0.444. The zero-order valence-corrected chi connectivity index (χ0v) is 14.6. The van der Waals surface area contributed by atoms with Gasteiger partial charge in [0.15, 0.2) is 0 Å². The molecule has 1 unspecified atom stereocenters. The van der Waals surface area contributed by atoms with Gasteiger partial charge in [0.2, 0.25) is 0 Å². The fourth-order valence-electron chi connectivity index (χ4n) is 2.40. The Morgan fingerprint density at radius 3 is 2.24 bits per heavy atom. The monoisotopic (exact) mass is 321 g/mol. The van der Waals surface area contributed by atoms with Crippen LogP contribution in [0.15, 0.2) is 36.4 Å². The molecule has 1 aromatic carbocycles. The summed E-state index contributed by atoms with van der Waals surface area (Å²) in [6.45, 7) is 7.70. The quantitative estimate of drug-likeness (QED) is 0.678. The lowest BCUT2D eigenvalue weighted by Crippen LogP contribution is -2.23. The van der Waals surface area contributed by atoms with Crippen molar-refractivity contribution in [1.82, 2.24) is 5.32 Å². The van der Waals surface area contributed by atoms with Gasteiger partial charge in [-0.15, -0.1) is 11.3 Å². The van der Waals surface area contributed by atoms with Crippen LogP contribution in [0.2, 0.25) is 4.34 Å². The van der Waals surface area contributed by atoms with E-state index in [4.69, 9.17) is 11.6 Å². The molecule has 0 saturated carbocycles. The molecule has 0 aliphatic rings. The zero-order chi connectivity index (χ0) is 15.2. The van der Waals surface area contributed by atoms with Crippen LogP contribution >= 0.6 is 22.9 Å². The van der Waals surface area contributed by atoms with Crippen molar-refractivity contribution in [2.45, 2.75) is 45.6 Å². The molecule has 0 amide bonds. The molecule has 21 heavy (non-hydrogen) atoms. The van der Waals surface area contributed by atoms with Gasteiger partial charge in [0.25, 0.3) is 0 Å². The highest BCUT2D eigenvalue weighted by Crippen LogP contribution is 2.27. The first-order valence-corrected chi connectivity index (χ1v) is 8.87. The molecule has 0 aliphatic heterocycles. The SMILES string of the molecule is CCCNC(Cc1ccc(Cl)s1)c1ccc(C(C)C)cc1. The lowest BCUT2D eigenvalue weighted by Gasteiger charge is -2.19. The van der Waals surface area contributed by atoms with Crippen LogP contribution in [0.3, 0.4) is 0 Å². The first kappa shape index (κ1) is 16.5. The molecule has 1 heterocycles. The third-order valence-electron chi connectivity index (χ3n) is 3.68. The number of benzene rings is 1. The largest absolute Gasteiger partial charge is 0.310 e. The van der Waals surface area contributed by atoms with Crippen LogP contribution in [-0.2, 0) is 6.42 Å². The molecular formula is C18H24ClNS. The van der Waals surface area contributed by atoms with Crippen LogP contribution in [-0.4, -0.2) is 6.54 Å². The Morgan fingerprint density at radius 2 is 1.71 bits per heavy atom. The lowest BCUT2D eigenvalue weighted by molar-refractivity contribution is 0.532. The number of hydrogen-bond donors (Lipinski definition) is 1. The van der Waals surface area contributed by atoms with E-state index in [-0.39, 0.29) is 0 Å². The third-order valence-corrected chi connectivity index (χ3v) is 4.93. The fourth-order valence-corrected chi connectivity index (χ4v) is 3.54. The first-order valence-electron chi connectivity index (χ1n) is 7.67. The van der Waals surface area contributed by atoms with E-state index in [0.29, 0.717) is 12.0 Å². The molecule has 0 fully saturated rings. The van der Waals surface area contributed by atoms with E-state index in [2.05, 4.69) is 56.4 Å². The maximum absolute atomic E-state index is 6.05. The van der Waals surface area contributed by atoms with Crippen LogP contribution in [0.4, 0.5) is 0 Å². The number of halogens is 1. The topological polar surface area (TPSA) is 12.0 Å². The Kier molecular flexibility index (Phi) is 6.28. The number of thiophene rings is 1. The number of rotatable bonds is 7. The minimum absolute atomic E-state index is 0.362. The van der Waals surface area contributed by atoms with Crippen LogP contribution in [0.5, 0.6) is 0 Å². The Balaban J connectivity index is 2.14. The molecule has 1 N–H and O–H groups in total. The summed E-state index contributed by atoms with van der Waals surface area (Å²) >= 11 is 7.73. The van der Waals surface area contributed by atoms with Gasteiger partial charge in [-0.3, -0.25) is 0 Å². The van der Waals surface area contributed by atoms with Crippen molar-refractivity contribution in [1.29, 1.82) is 0 Å². The van der Waals surface area contributed by atoms with E-state index < -0.39 is 0 Å². The molecule has 0 saturated heterocycles. The predicted octanol–water partition coefficient (Wildman–Crippen LogP) is 5.81. The molecule has 0 aliphatic carbocycles. The molecule has 1 atom stereocenters. The Bertz CT molecular complexity index is 545. The minimum atomic E-state index is 0.362. The highest BCUT2D eigenvalue weighted by atomic mass is 35.5. The van der Waals surface area contributed by atoms with Crippen LogP contribution in [0.25, 0.3) is 0 Å². The number of hydrogen-bond acceptors (Lipinski definition) is 2. The van der Waals surface area contributed by atoms with Gasteiger partial charge in [0.1, 0.15) is 0 Å². The molecule has 3 heteroatoms. The van der Waals surface area contributed by atoms with Gasteiger partial charge in [-0.1, -0.05) is 56.6 Å². The maximum atomic E-state index is 6.05. The third kappa shape index (κ3) is 4.84. The standard InChI is InChI=1S/C18H24ClNS/c1-4-11-20-17(12-16-9-10-18(19)21-16)15-7-5-14(6-8-15)13(2)3/h5-10,13,17,20H,4,11-12H2,1-3H3. The van der Waals surface area contributed by atoms with Crippen LogP contribution < -0.4 is 5.32 Å². The molecule has 1 aromatic heterocycles. The summed E-state index contributed by atoms with van der Waals surface area (Å²) in [6, 6.07) is 13.5.